The quantitative estimate of drug-likeness (QED) is 0.437. The van der Waals surface area contributed by atoms with Crippen molar-refractivity contribution in [2.45, 2.75) is 18.9 Å². The lowest BCUT2D eigenvalue weighted by atomic mass is 10.1. The van der Waals surface area contributed by atoms with Crippen LogP contribution in [0, 0.1) is 0 Å². The van der Waals surface area contributed by atoms with Gasteiger partial charge in [0.1, 0.15) is 0 Å². The SMILES string of the molecule is [N-]=[N+]=NC[C@H](O)CCc1cccnc1. The summed E-state index contributed by atoms with van der Waals surface area (Å²) in [6.45, 7) is 0.136. The minimum Gasteiger partial charge on any atom is -0.393 e. The predicted octanol–water partition coefficient (Wildman–Crippen LogP) is 1.69. The first-order valence-electron chi connectivity index (χ1n) is 4.40. The second kappa shape index (κ2) is 5.96. The lowest BCUT2D eigenvalue weighted by Gasteiger charge is -2.05. The molecule has 5 nitrogen and oxygen atoms in total. The van der Waals surface area contributed by atoms with Crippen LogP contribution >= 0.6 is 0 Å². The Labute approximate surface area is 82.0 Å². The van der Waals surface area contributed by atoms with Gasteiger partial charge in [0.2, 0.25) is 0 Å². The van der Waals surface area contributed by atoms with Crippen LogP contribution in [0.3, 0.4) is 0 Å². The number of aromatic nitrogens is 1. The Bertz CT molecular complexity index is 308. The van der Waals surface area contributed by atoms with Crippen LogP contribution in [0.1, 0.15) is 12.0 Å². The number of aliphatic hydroxyl groups excluding tert-OH is 1. The fourth-order valence-corrected chi connectivity index (χ4v) is 1.10. The van der Waals surface area contributed by atoms with E-state index in [-0.39, 0.29) is 6.54 Å². The molecule has 1 aromatic rings. The summed E-state index contributed by atoms with van der Waals surface area (Å²) in [4.78, 5) is 6.54. The van der Waals surface area contributed by atoms with E-state index in [1.807, 2.05) is 12.1 Å². The average molecular weight is 192 g/mol. The number of aliphatic hydroxyl groups is 1. The molecule has 0 radical (unpaired) electrons. The maximum atomic E-state index is 9.36. The molecule has 0 saturated carbocycles. The molecule has 1 N–H and O–H groups in total. The van der Waals surface area contributed by atoms with Crippen molar-refractivity contribution < 1.29 is 5.11 Å². The fourth-order valence-electron chi connectivity index (χ4n) is 1.10. The molecule has 5 heteroatoms. The molecule has 1 heterocycles. The van der Waals surface area contributed by atoms with E-state index < -0.39 is 6.10 Å². The van der Waals surface area contributed by atoms with E-state index in [1.54, 1.807) is 12.4 Å². The highest BCUT2D eigenvalue weighted by atomic mass is 16.3. The van der Waals surface area contributed by atoms with Crippen LogP contribution < -0.4 is 0 Å². The summed E-state index contributed by atoms with van der Waals surface area (Å²) in [7, 11) is 0. The van der Waals surface area contributed by atoms with Gasteiger partial charge in [-0.1, -0.05) is 11.2 Å². The normalized spacial score (nSPS) is 11.8. The highest BCUT2D eigenvalue weighted by molar-refractivity contribution is 5.08. The van der Waals surface area contributed by atoms with E-state index >= 15 is 0 Å². The molecule has 14 heavy (non-hydrogen) atoms. The number of azide groups is 1. The summed E-state index contributed by atoms with van der Waals surface area (Å²) < 4.78 is 0. The zero-order chi connectivity index (χ0) is 10.2. The van der Waals surface area contributed by atoms with Gasteiger partial charge in [0.05, 0.1) is 12.6 Å². The van der Waals surface area contributed by atoms with E-state index in [9.17, 15) is 5.11 Å². The topological polar surface area (TPSA) is 81.9 Å². The number of nitrogens with zero attached hydrogens (tertiary/aromatic N) is 4. The predicted molar refractivity (Wildman–Crippen MR) is 52.6 cm³/mol. The van der Waals surface area contributed by atoms with Crippen LogP contribution in [0.2, 0.25) is 0 Å². The van der Waals surface area contributed by atoms with Crippen molar-refractivity contribution in [1.29, 1.82) is 0 Å². The van der Waals surface area contributed by atoms with Crippen molar-refractivity contribution >= 4 is 0 Å². The number of rotatable bonds is 5. The van der Waals surface area contributed by atoms with Gasteiger partial charge in [-0.05, 0) is 30.0 Å². The van der Waals surface area contributed by atoms with Gasteiger partial charge < -0.3 is 5.11 Å². The molecule has 0 bridgehead atoms. The van der Waals surface area contributed by atoms with Crippen molar-refractivity contribution in [2.75, 3.05) is 6.54 Å². The molecule has 0 amide bonds. The summed E-state index contributed by atoms with van der Waals surface area (Å²) in [5, 5.41) is 12.7. The van der Waals surface area contributed by atoms with Crippen molar-refractivity contribution in [1.82, 2.24) is 4.98 Å². The Morgan fingerprint density at radius 3 is 3.14 bits per heavy atom. The number of hydrogen-bond donors (Lipinski definition) is 1. The minimum atomic E-state index is -0.564. The zero-order valence-corrected chi connectivity index (χ0v) is 7.74. The van der Waals surface area contributed by atoms with E-state index in [1.165, 1.54) is 0 Å². The lowest BCUT2D eigenvalue weighted by molar-refractivity contribution is 0.173. The van der Waals surface area contributed by atoms with Gasteiger partial charge in [0, 0.05) is 17.3 Å². The highest BCUT2D eigenvalue weighted by Crippen LogP contribution is 2.03. The number of aryl methyl sites for hydroxylation is 1. The van der Waals surface area contributed by atoms with E-state index in [0.29, 0.717) is 6.42 Å². The average Bonchev–Trinajstić information content (AvgIpc) is 2.25. The van der Waals surface area contributed by atoms with E-state index in [4.69, 9.17) is 5.53 Å². The first-order valence-corrected chi connectivity index (χ1v) is 4.40. The van der Waals surface area contributed by atoms with Crippen molar-refractivity contribution in [2.24, 2.45) is 5.11 Å². The highest BCUT2D eigenvalue weighted by Gasteiger charge is 2.02. The molecule has 0 fully saturated rings. The molecule has 74 valence electrons. The van der Waals surface area contributed by atoms with Crippen LogP contribution in [0.5, 0.6) is 0 Å². The van der Waals surface area contributed by atoms with Gasteiger partial charge in [-0.25, -0.2) is 0 Å². The minimum absolute atomic E-state index is 0.136. The summed E-state index contributed by atoms with van der Waals surface area (Å²) >= 11 is 0. The second-order valence-electron chi connectivity index (χ2n) is 2.97. The van der Waals surface area contributed by atoms with Gasteiger partial charge in [0.15, 0.2) is 0 Å². The fraction of sp³-hybridized carbons (Fsp3) is 0.444. The van der Waals surface area contributed by atoms with E-state index in [0.717, 1.165) is 12.0 Å². The molecular weight excluding hydrogens is 180 g/mol. The molecule has 0 unspecified atom stereocenters. The maximum Gasteiger partial charge on any atom is 0.0599 e. The summed E-state index contributed by atoms with van der Waals surface area (Å²) in [6, 6.07) is 3.81. The molecule has 1 aromatic heterocycles. The number of pyridine rings is 1. The van der Waals surface area contributed by atoms with Crippen LogP contribution in [0.25, 0.3) is 10.4 Å². The number of hydrogen-bond acceptors (Lipinski definition) is 3. The van der Waals surface area contributed by atoms with Gasteiger partial charge in [-0.3, -0.25) is 4.98 Å². The Kier molecular flexibility index (Phi) is 4.47. The Morgan fingerprint density at radius 2 is 2.50 bits per heavy atom. The first-order chi connectivity index (χ1) is 6.83. The third kappa shape index (κ3) is 3.89. The molecule has 0 saturated heterocycles. The summed E-state index contributed by atoms with van der Waals surface area (Å²) in [5.74, 6) is 0. The second-order valence-corrected chi connectivity index (χ2v) is 2.97. The monoisotopic (exact) mass is 192 g/mol. The first kappa shape index (κ1) is 10.5. The van der Waals surface area contributed by atoms with E-state index in [2.05, 4.69) is 15.0 Å². The standard InChI is InChI=1S/C9H12N4O/c10-13-12-7-9(14)4-3-8-2-1-5-11-6-8/h1-2,5-6,9,14H,3-4,7H2/t9-/m1/s1. The molecule has 0 aliphatic rings. The molecule has 1 rings (SSSR count). The van der Waals surface area contributed by atoms with Gasteiger partial charge in [-0.2, -0.15) is 0 Å². The van der Waals surface area contributed by atoms with Gasteiger partial charge >= 0.3 is 0 Å². The lowest BCUT2D eigenvalue weighted by Crippen LogP contribution is -2.11. The van der Waals surface area contributed by atoms with Crippen molar-refractivity contribution in [3.05, 3.63) is 40.5 Å². The van der Waals surface area contributed by atoms with Crippen molar-refractivity contribution in [3.63, 3.8) is 0 Å². The molecule has 0 aliphatic carbocycles. The molecule has 0 aliphatic heterocycles. The third-order valence-electron chi connectivity index (χ3n) is 1.84. The van der Waals surface area contributed by atoms with Gasteiger partial charge in [-0.15, -0.1) is 0 Å². The molecular formula is C9H12N4O. The smallest absolute Gasteiger partial charge is 0.0599 e. The maximum absolute atomic E-state index is 9.36. The molecule has 0 spiro atoms. The van der Waals surface area contributed by atoms with Crippen molar-refractivity contribution in [3.8, 4) is 0 Å². The molecule has 0 aromatic carbocycles. The van der Waals surface area contributed by atoms with Crippen LogP contribution in [0.4, 0.5) is 0 Å². The molecule has 1 atom stereocenters. The third-order valence-corrected chi connectivity index (χ3v) is 1.84. The Morgan fingerprint density at radius 1 is 1.64 bits per heavy atom. The van der Waals surface area contributed by atoms with Crippen LogP contribution in [0.15, 0.2) is 29.6 Å². The largest absolute Gasteiger partial charge is 0.393 e. The Balaban J connectivity index is 2.30. The zero-order valence-electron chi connectivity index (χ0n) is 7.74. The Hall–Kier alpha value is -1.58. The van der Waals surface area contributed by atoms with Crippen LogP contribution in [-0.4, -0.2) is 22.7 Å². The van der Waals surface area contributed by atoms with Gasteiger partial charge in [0.25, 0.3) is 0 Å². The summed E-state index contributed by atoms with van der Waals surface area (Å²) in [5.41, 5.74) is 9.11. The van der Waals surface area contributed by atoms with Crippen LogP contribution in [-0.2, 0) is 6.42 Å². The summed E-state index contributed by atoms with van der Waals surface area (Å²) in [6.07, 6.45) is 4.24.